The third-order valence-corrected chi connectivity index (χ3v) is 2.75. The molecule has 1 aromatic carbocycles. The van der Waals surface area contributed by atoms with Gasteiger partial charge in [-0.2, -0.15) is 5.26 Å². The minimum absolute atomic E-state index is 0.0111. The second kappa shape index (κ2) is 5.46. The predicted molar refractivity (Wildman–Crippen MR) is 61.8 cm³/mol. The summed E-state index contributed by atoms with van der Waals surface area (Å²) in [6.45, 7) is 1.17. The largest absolute Gasteiger partial charge is 0.365 e. The summed E-state index contributed by atoms with van der Waals surface area (Å²) in [5, 5.41) is 8.63. The summed E-state index contributed by atoms with van der Waals surface area (Å²) in [7, 11) is 0. The fraction of sp³-hybridized carbons (Fsp3) is 0.385. The zero-order valence-electron chi connectivity index (χ0n) is 9.50. The van der Waals surface area contributed by atoms with Crippen LogP contribution in [0.5, 0.6) is 0 Å². The van der Waals surface area contributed by atoms with Gasteiger partial charge in [0.1, 0.15) is 6.61 Å². The third-order valence-electron chi connectivity index (χ3n) is 2.75. The summed E-state index contributed by atoms with van der Waals surface area (Å²) in [6.07, 6.45) is 0.180. The van der Waals surface area contributed by atoms with Crippen molar-refractivity contribution in [3.63, 3.8) is 0 Å². The van der Waals surface area contributed by atoms with E-state index in [-0.39, 0.29) is 18.6 Å². The molecule has 4 nitrogen and oxygen atoms in total. The van der Waals surface area contributed by atoms with Gasteiger partial charge in [0.15, 0.2) is 0 Å². The number of benzene rings is 1. The first-order valence-electron chi connectivity index (χ1n) is 5.60. The lowest BCUT2D eigenvalue weighted by atomic mass is 10.1. The van der Waals surface area contributed by atoms with E-state index < -0.39 is 0 Å². The second-order valence-electron chi connectivity index (χ2n) is 4.06. The van der Waals surface area contributed by atoms with Gasteiger partial charge in [-0.3, -0.25) is 4.79 Å². The molecule has 0 bridgehead atoms. The molecule has 1 fully saturated rings. The number of hydrogen-bond donors (Lipinski definition) is 0. The van der Waals surface area contributed by atoms with E-state index in [1.54, 1.807) is 4.90 Å². The van der Waals surface area contributed by atoms with Crippen LogP contribution in [0.15, 0.2) is 30.3 Å². The van der Waals surface area contributed by atoms with Crippen LogP contribution in [0.25, 0.3) is 0 Å². The van der Waals surface area contributed by atoms with Crippen LogP contribution in [-0.4, -0.2) is 30.1 Å². The number of carbonyl (C=O) groups is 1. The first kappa shape index (κ1) is 11.6. The number of rotatable bonds is 3. The average Bonchev–Trinajstić information content (AvgIpc) is 2.35. The molecule has 1 unspecified atom stereocenters. The second-order valence-corrected chi connectivity index (χ2v) is 4.06. The van der Waals surface area contributed by atoms with Gasteiger partial charge < -0.3 is 9.64 Å². The van der Waals surface area contributed by atoms with Crippen molar-refractivity contribution in [2.45, 2.75) is 19.1 Å². The van der Waals surface area contributed by atoms with Gasteiger partial charge in [-0.1, -0.05) is 30.3 Å². The van der Waals surface area contributed by atoms with E-state index in [0.717, 1.165) is 5.56 Å². The van der Waals surface area contributed by atoms with Crippen LogP contribution < -0.4 is 0 Å². The van der Waals surface area contributed by atoms with Crippen LogP contribution in [-0.2, 0) is 16.1 Å². The molecule has 0 saturated carbocycles. The van der Waals surface area contributed by atoms with E-state index in [2.05, 4.69) is 6.07 Å². The molecule has 0 radical (unpaired) electrons. The van der Waals surface area contributed by atoms with Crippen LogP contribution >= 0.6 is 0 Å². The monoisotopic (exact) mass is 230 g/mol. The van der Waals surface area contributed by atoms with E-state index >= 15 is 0 Å². The molecule has 1 amide bonds. The summed E-state index contributed by atoms with van der Waals surface area (Å²) in [4.78, 5) is 13.4. The van der Waals surface area contributed by atoms with Gasteiger partial charge in [0.05, 0.1) is 18.6 Å². The minimum atomic E-state index is -0.151. The van der Waals surface area contributed by atoms with Crippen molar-refractivity contribution in [3.8, 4) is 6.07 Å². The van der Waals surface area contributed by atoms with E-state index in [4.69, 9.17) is 10.00 Å². The molecule has 0 aliphatic carbocycles. The lowest BCUT2D eigenvalue weighted by Gasteiger charge is -2.31. The highest BCUT2D eigenvalue weighted by Gasteiger charge is 2.25. The smallest absolute Gasteiger partial charge is 0.248 e. The summed E-state index contributed by atoms with van der Waals surface area (Å²) in [5.74, 6) is -0.0111. The van der Waals surface area contributed by atoms with Gasteiger partial charge in [-0.05, 0) is 5.56 Å². The van der Waals surface area contributed by atoms with Gasteiger partial charge in [0, 0.05) is 13.1 Å². The number of nitriles is 1. The quantitative estimate of drug-likeness (QED) is 0.787. The molecule has 17 heavy (non-hydrogen) atoms. The Labute approximate surface area is 100 Å². The minimum Gasteiger partial charge on any atom is -0.365 e. The Hall–Kier alpha value is -1.86. The Bertz CT molecular complexity index is 425. The molecule has 0 spiro atoms. The SMILES string of the molecule is N#CCC1CN(Cc2ccccc2)C(=O)CO1. The molecule has 88 valence electrons. The first-order valence-corrected chi connectivity index (χ1v) is 5.60. The maximum Gasteiger partial charge on any atom is 0.248 e. The molecule has 1 heterocycles. The molecule has 1 atom stereocenters. The topological polar surface area (TPSA) is 53.3 Å². The fourth-order valence-electron chi connectivity index (χ4n) is 1.86. The first-order chi connectivity index (χ1) is 8.29. The van der Waals surface area contributed by atoms with Crippen LogP contribution in [0.3, 0.4) is 0 Å². The average molecular weight is 230 g/mol. The third kappa shape index (κ3) is 3.05. The van der Waals surface area contributed by atoms with E-state index in [1.165, 1.54) is 0 Å². The molecule has 2 rings (SSSR count). The molecular formula is C13H14N2O2. The highest BCUT2D eigenvalue weighted by Crippen LogP contribution is 2.13. The van der Waals surface area contributed by atoms with Crippen molar-refractivity contribution in [2.75, 3.05) is 13.2 Å². The Morgan fingerprint density at radius 1 is 1.41 bits per heavy atom. The van der Waals surface area contributed by atoms with Crippen molar-refractivity contribution in [1.82, 2.24) is 4.90 Å². The Balaban J connectivity index is 1.99. The van der Waals surface area contributed by atoms with E-state index in [9.17, 15) is 4.79 Å². The van der Waals surface area contributed by atoms with Gasteiger partial charge in [-0.15, -0.1) is 0 Å². The van der Waals surface area contributed by atoms with E-state index in [1.807, 2.05) is 30.3 Å². The van der Waals surface area contributed by atoms with Crippen molar-refractivity contribution in [3.05, 3.63) is 35.9 Å². The molecule has 1 aliphatic heterocycles. The summed E-state index contributed by atoms with van der Waals surface area (Å²) in [5.41, 5.74) is 1.10. The van der Waals surface area contributed by atoms with Crippen molar-refractivity contribution in [1.29, 1.82) is 5.26 Å². The maximum atomic E-state index is 11.7. The normalized spacial score (nSPS) is 20.1. The van der Waals surface area contributed by atoms with Crippen molar-refractivity contribution < 1.29 is 9.53 Å². The Morgan fingerprint density at radius 2 is 2.18 bits per heavy atom. The molecule has 4 heteroatoms. The van der Waals surface area contributed by atoms with Crippen LogP contribution in [0.1, 0.15) is 12.0 Å². The zero-order chi connectivity index (χ0) is 12.1. The van der Waals surface area contributed by atoms with Crippen LogP contribution in [0.4, 0.5) is 0 Å². The van der Waals surface area contributed by atoms with Gasteiger partial charge in [0.2, 0.25) is 5.91 Å². The number of ether oxygens (including phenoxy) is 1. The predicted octanol–water partition coefficient (Wildman–Crippen LogP) is 1.33. The van der Waals surface area contributed by atoms with E-state index in [0.29, 0.717) is 19.5 Å². The van der Waals surface area contributed by atoms with Crippen molar-refractivity contribution >= 4 is 5.91 Å². The lowest BCUT2D eigenvalue weighted by molar-refractivity contribution is -0.149. The van der Waals surface area contributed by atoms with Crippen LogP contribution in [0, 0.1) is 11.3 Å². The number of carbonyl (C=O) groups excluding carboxylic acids is 1. The number of morpholine rings is 1. The molecule has 0 aromatic heterocycles. The highest BCUT2D eigenvalue weighted by atomic mass is 16.5. The lowest BCUT2D eigenvalue weighted by Crippen LogP contribution is -2.45. The standard InChI is InChI=1S/C13H14N2O2/c14-7-6-12-9-15(13(16)10-17-12)8-11-4-2-1-3-5-11/h1-5,12H,6,8-10H2. The maximum absolute atomic E-state index is 11.7. The highest BCUT2D eigenvalue weighted by molar-refractivity contribution is 5.78. The number of amides is 1. The molecule has 1 aromatic rings. The molecule has 0 N–H and O–H groups in total. The summed E-state index contributed by atoms with van der Waals surface area (Å²) in [6, 6.07) is 11.9. The summed E-state index contributed by atoms with van der Waals surface area (Å²) >= 11 is 0. The Kier molecular flexibility index (Phi) is 3.73. The van der Waals surface area contributed by atoms with Crippen LogP contribution in [0.2, 0.25) is 0 Å². The fourth-order valence-corrected chi connectivity index (χ4v) is 1.86. The molecule has 1 saturated heterocycles. The van der Waals surface area contributed by atoms with Gasteiger partial charge in [-0.25, -0.2) is 0 Å². The number of hydrogen-bond acceptors (Lipinski definition) is 3. The van der Waals surface area contributed by atoms with Crippen molar-refractivity contribution in [2.24, 2.45) is 0 Å². The zero-order valence-corrected chi connectivity index (χ0v) is 9.50. The molecule has 1 aliphatic rings. The number of nitrogens with zero attached hydrogens (tertiary/aromatic N) is 2. The molecular weight excluding hydrogens is 216 g/mol. The Morgan fingerprint density at radius 3 is 2.88 bits per heavy atom. The van der Waals surface area contributed by atoms with Gasteiger partial charge in [0.25, 0.3) is 0 Å². The summed E-state index contributed by atoms with van der Waals surface area (Å²) < 4.78 is 5.28. The van der Waals surface area contributed by atoms with Gasteiger partial charge >= 0.3 is 0 Å².